The van der Waals surface area contributed by atoms with Crippen molar-refractivity contribution in [2.24, 2.45) is 11.8 Å². The van der Waals surface area contributed by atoms with E-state index in [9.17, 15) is 14.4 Å². The van der Waals surface area contributed by atoms with E-state index in [2.05, 4.69) is 34.9 Å². The van der Waals surface area contributed by atoms with Crippen LogP contribution in [0.1, 0.15) is 62.5 Å². The van der Waals surface area contributed by atoms with Crippen LogP contribution in [0.4, 0.5) is 4.79 Å². The molecule has 0 radical (unpaired) electrons. The average molecular weight is 479 g/mol. The predicted molar refractivity (Wildman–Crippen MR) is 133 cm³/mol. The highest BCUT2D eigenvalue weighted by Crippen LogP contribution is 2.44. The molecule has 0 bridgehead atoms. The van der Waals surface area contributed by atoms with E-state index in [4.69, 9.17) is 9.84 Å². The molecule has 186 valence electrons. The molecule has 0 spiro atoms. The number of benzene rings is 2. The van der Waals surface area contributed by atoms with Gasteiger partial charge in [-0.05, 0) is 53.9 Å². The van der Waals surface area contributed by atoms with Crippen LogP contribution in [0.15, 0.2) is 48.5 Å². The Morgan fingerprint density at radius 3 is 2.20 bits per heavy atom. The number of hydrogen-bond acceptors (Lipinski definition) is 4. The number of amides is 2. The minimum atomic E-state index is -0.870. The summed E-state index contributed by atoms with van der Waals surface area (Å²) in [6, 6.07) is 16.2. The Balaban J connectivity index is 1.32. The minimum Gasteiger partial charge on any atom is -0.481 e. The molecule has 1 saturated carbocycles. The number of carboxylic acids is 1. The van der Waals surface area contributed by atoms with E-state index in [1.54, 1.807) is 0 Å². The largest absolute Gasteiger partial charge is 0.481 e. The van der Waals surface area contributed by atoms with Crippen molar-refractivity contribution in [3.05, 3.63) is 59.7 Å². The lowest BCUT2D eigenvalue weighted by Gasteiger charge is -2.34. The molecule has 3 N–H and O–H groups in total. The molecule has 0 aliphatic heterocycles. The Kier molecular flexibility index (Phi) is 8.06. The molecule has 2 unspecified atom stereocenters. The summed E-state index contributed by atoms with van der Waals surface area (Å²) < 4.78 is 5.62. The molecule has 1 fully saturated rings. The van der Waals surface area contributed by atoms with Crippen molar-refractivity contribution in [3.8, 4) is 11.1 Å². The van der Waals surface area contributed by atoms with Crippen LogP contribution < -0.4 is 10.6 Å². The fourth-order valence-electron chi connectivity index (χ4n) is 5.14. The molecule has 2 aromatic rings. The van der Waals surface area contributed by atoms with Crippen molar-refractivity contribution in [2.75, 3.05) is 13.2 Å². The van der Waals surface area contributed by atoms with Crippen molar-refractivity contribution < 1.29 is 24.2 Å². The monoisotopic (exact) mass is 478 g/mol. The molecule has 35 heavy (non-hydrogen) atoms. The number of nitrogens with one attached hydrogen (secondary N) is 2. The van der Waals surface area contributed by atoms with Crippen LogP contribution >= 0.6 is 0 Å². The summed E-state index contributed by atoms with van der Waals surface area (Å²) in [4.78, 5) is 36.5. The van der Waals surface area contributed by atoms with Gasteiger partial charge in [0.2, 0.25) is 5.91 Å². The van der Waals surface area contributed by atoms with Gasteiger partial charge in [0.25, 0.3) is 0 Å². The van der Waals surface area contributed by atoms with Crippen LogP contribution in [0, 0.1) is 11.8 Å². The number of fused-ring (bicyclic) bond motifs is 3. The summed E-state index contributed by atoms with van der Waals surface area (Å²) in [5.74, 6) is -1.13. The first-order valence-corrected chi connectivity index (χ1v) is 12.6. The van der Waals surface area contributed by atoms with Gasteiger partial charge in [0.05, 0.1) is 5.92 Å². The predicted octanol–water partition coefficient (Wildman–Crippen LogP) is 4.70. The van der Waals surface area contributed by atoms with Gasteiger partial charge >= 0.3 is 12.1 Å². The highest BCUT2D eigenvalue weighted by atomic mass is 16.5. The van der Waals surface area contributed by atoms with Gasteiger partial charge in [-0.2, -0.15) is 0 Å². The number of ether oxygens (including phenoxy) is 1. The standard InChI is InChI=1S/C28H34N2O5/c1-2-19(14-15-26(31)32)30-27(33)24(18-8-7-9-18)16-29-28(34)35-17-25-22-12-5-3-10-20(22)21-11-4-6-13-23(21)25/h3-6,10-13,18-19,24-25H,2,7-9,14-17H2,1H3,(H,29,34)(H,30,33)(H,31,32). The van der Waals surface area contributed by atoms with Gasteiger partial charge < -0.3 is 20.5 Å². The third-order valence-corrected chi connectivity index (χ3v) is 7.41. The van der Waals surface area contributed by atoms with E-state index in [0.717, 1.165) is 30.4 Å². The molecule has 0 saturated heterocycles. The van der Waals surface area contributed by atoms with Gasteiger partial charge in [-0.1, -0.05) is 61.9 Å². The third-order valence-electron chi connectivity index (χ3n) is 7.41. The number of rotatable bonds is 11. The fraction of sp³-hybridized carbons (Fsp3) is 0.464. The van der Waals surface area contributed by atoms with E-state index in [-0.39, 0.29) is 49.3 Å². The SMILES string of the molecule is CCC(CCC(=O)O)NC(=O)C(CNC(=O)OCC1c2ccccc2-c2ccccc21)C1CCC1. The van der Waals surface area contributed by atoms with Gasteiger partial charge in [0, 0.05) is 24.9 Å². The zero-order valence-electron chi connectivity index (χ0n) is 20.2. The van der Waals surface area contributed by atoms with Crippen molar-refractivity contribution in [2.45, 2.75) is 57.4 Å². The van der Waals surface area contributed by atoms with E-state index >= 15 is 0 Å². The Bertz CT molecular complexity index is 1020. The number of carboxylic acid groups (broad SMARTS) is 1. The van der Waals surface area contributed by atoms with Gasteiger partial charge in [-0.25, -0.2) is 4.79 Å². The molecule has 2 aliphatic rings. The number of hydrogen-bond donors (Lipinski definition) is 3. The van der Waals surface area contributed by atoms with E-state index in [1.165, 1.54) is 11.1 Å². The molecular formula is C28H34N2O5. The highest BCUT2D eigenvalue weighted by Gasteiger charge is 2.34. The van der Waals surface area contributed by atoms with Crippen LogP contribution in [0.25, 0.3) is 11.1 Å². The second-order valence-corrected chi connectivity index (χ2v) is 9.55. The molecule has 7 nitrogen and oxygen atoms in total. The molecular weight excluding hydrogens is 444 g/mol. The van der Waals surface area contributed by atoms with Gasteiger partial charge in [0.1, 0.15) is 6.61 Å². The van der Waals surface area contributed by atoms with Crippen molar-refractivity contribution in [1.29, 1.82) is 0 Å². The minimum absolute atomic E-state index is 0.0153. The van der Waals surface area contributed by atoms with Crippen LogP contribution in [0.5, 0.6) is 0 Å². The smallest absolute Gasteiger partial charge is 0.407 e. The zero-order valence-corrected chi connectivity index (χ0v) is 20.2. The molecule has 7 heteroatoms. The second kappa shape index (κ2) is 11.4. The Morgan fingerprint density at radius 2 is 1.66 bits per heavy atom. The summed E-state index contributed by atoms with van der Waals surface area (Å²) in [5, 5.41) is 14.8. The first kappa shape index (κ1) is 24.8. The summed E-state index contributed by atoms with van der Waals surface area (Å²) >= 11 is 0. The average Bonchev–Trinajstić information content (AvgIpc) is 3.15. The van der Waals surface area contributed by atoms with Crippen molar-refractivity contribution >= 4 is 18.0 Å². The van der Waals surface area contributed by atoms with Gasteiger partial charge in [-0.3, -0.25) is 9.59 Å². The van der Waals surface area contributed by atoms with Crippen LogP contribution in [0.3, 0.4) is 0 Å². The maximum absolute atomic E-state index is 13.0. The second-order valence-electron chi connectivity index (χ2n) is 9.55. The number of alkyl carbamates (subject to hydrolysis) is 1. The maximum atomic E-state index is 13.0. The lowest BCUT2D eigenvalue weighted by atomic mass is 9.75. The number of aliphatic carboxylic acids is 1. The summed E-state index contributed by atoms with van der Waals surface area (Å²) in [6.07, 6.45) is 3.54. The van der Waals surface area contributed by atoms with Crippen LogP contribution in [-0.4, -0.2) is 42.3 Å². The van der Waals surface area contributed by atoms with E-state index < -0.39 is 12.1 Å². The maximum Gasteiger partial charge on any atom is 0.407 e. The van der Waals surface area contributed by atoms with Crippen LogP contribution in [-0.2, 0) is 14.3 Å². The highest BCUT2D eigenvalue weighted by molar-refractivity contribution is 5.81. The van der Waals surface area contributed by atoms with Gasteiger partial charge in [0.15, 0.2) is 0 Å². The molecule has 2 atom stereocenters. The quantitative estimate of drug-likeness (QED) is 0.434. The van der Waals surface area contributed by atoms with Crippen molar-refractivity contribution in [3.63, 3.8) is 0 Å². The zero-order chi connectivity index (χ0) is 24.8. The van der Waals surface area contributed by atoms with E-state index in [0.29, 0.717) is 12.8 Å². The molecule has 4 rings (SSSR count). The normalized spacial score (nSPS) is 16.4. The fourth-order valence-corrected chi connectivity index (χ4v) is 5.14. The number of carbonyl (C=O) groups excluding carboxylic acids is 2. The van der Waals surface area contributed by atoms with Crippen molar-refractivity contribution in [1.82, 2.24) is 10.6 Å². The third kappa shape index (κ3) is 5.84. The molecule has 2 amide bonds. The summed E-state index contributed by atoms with van der Waals surface area (Å²) in [6.45, 7) is 2.37. The first-order valence-electron chi connectivity index (χ1n) is 12.6. The summed E-state index contributed by atoms with van der Waals surface area (Å²) in [5.41, 5.74) is 4.65. The first-order chi connectivity index (χ1) is 17.0. The van der Waals surface area contributed by atoms with Gasteiger partial charge in [-0.15, -0.1) is 0 Å². The molecule has 0 aromatic heterocycles. The molecule has 2 aromatic carbocycles. The lowest BCUT2D eigenvalue weighted by Crippen LogP contribution is -2.47. The topological polar surface area (TPSA) is 105 Å². The Morgan fingerprint density at radius 1 is 1.03 bits per heavy atom. The Labute approximate surface area is 206 Å². The van der Waals surface area contributed by atoms with E-state index in [1.807, 2.05) is 31.2 Å². The number of carbonyl (C=O) groups is 3. The molecule has 2 aliphatic carbocycles. The summed E-state index contributed by atoms with van der Waals surface area (Å²) in [7, 11) is 0. The lowest BCUT2D eigenvalue weighted by molar-refractivity contribution is -0.137. The van der Waals surface area contributed by atoms with Crippen LogP contribution in [0.2, 0.25) is 0 Å². The Hall–Kier alpha value is -3.35. The molecule has 0 heterocycles.